The minimum atomic E-state index is -4.14. The second kappa shape index (κ2) is 5.72. The Bertz CT molecular complexity index is 911. The molecule has 4 aliphatic rings. The summed E-state index contributed by atoms with van der Waals surface area (Å²) < 4.78 is 44.0. The minimum absolute atomic E-state index is 0.00669. The van der Waals surface area contributed by atoms with Crippen LogP contribution in [-0.2, 0) is 23.1 Å². The van der Waals surface area contributed by atoms with E-state index in [0.717, 1.165) is 36.8 Å². The summed E-state index contributed by atoms with van der Waals surface area (Å²) in [5.74, 6) is 0. The number of likely N-dealkylation sites (N-methyl/N-ethyl adjacent to an activating group) is 1. The number of fused-ring (bicyclic) bond motifs is 2. The molecule has 1 saturated carbocycles. The number of aryl methyl sites for hydroxylation is 1. The SMILES string of the molecule is COC1CCC23CC1=C1N(C)C(=S)NC12c1cc(CCC(F)(F)F)ccc1C3. The fourth-order valence-electron chi connectivity index (χ4n) is 6.16. The molecule has 1 N–H and O–H groups in total. The zero-order valence-electron chi connectivity index (χ0n) is 15.9. The van der Waals surface area contributed by atoms with Crippen LogP contribution in [0.4, 0.5) is 13.2 Å². The van der Waals surface area contributed by atoms with E-state index < -0.39 is 18.1 Å². The Hall–Kier alpha value is -1.60. The number of hydrogen-bond acceptors (Lipinski definition) is 2. The molecule has 3 atom stereocenters. The zero-order valence-corrected chi connectivity index (χ0v) is 16.8. The smallest absolute Gasteiger partial charge is 0.377 e. The Balaban J connectivity index is 1.65. The monoisotopic (exact) mass is 408 g/mol. The molecule has 5 rings (SSSR count). The molecular formula is C21H23F3N2OS. The second-order valence-electron chi connectivity index (χ2n) is 8.62. The summed E-state index contributed by atoms with van der Waals surface area (Å²) in [6.45, 7) is 0. The summed E-state index contributed by atoms with van der Waals surface area (Å²) in [5, 5.41) is 4.31. The first-order valence-electron chi connectivity index (χ1n) is 9.72. The summed E-state index contributed by atoms with van der Waals surface area (Å²) in [7, 11) is 3.74. The van der Waals surface area contributed by atoms with Gasteiger partial charge < -0.3 is 15.0 Å². The normalized spacial score (nSPS) is 33.1. The van der Waals surface area contributed by atoms with Crippen LogP contribution in [-0.4, -0.2) is 36.5 Å². The van der Waals surface area contributed by atoms with E-state index >= 15 is 0 Å². The van der Waals surface area contributed by atoms with E-state index in [1.165, 1.54) is 16.8 Å². The minimum Gasteiger partial charge on any atom is -0.377 e. The van der Waals surface area contributed by atoms with Crippen molar-refractivity contribution in [2.45, 2.75) is 56.3 Å². The fraction of sp³-hybridized carbons (Fsp3) is 0.571. The van der Waals surface area contributed by atoms with Gasteiger partial charge in [0.05, 0.1) is 11.8 Å². The Morgan fingerprint density at radius 1 is 1.32 bits per heavy atom. The van der Waals surface area contributed by atoms with Crippen LogP contribution in [0.1, 0.15) is 42.4 Å². The average Bonchev–Trinajstić information content (AvgIpc) is 3.13. The van der Waals surface area contributed by atoms with Gasteiger partial charge in [-0.05, 0) is 66.6 Å². The van der Waals surface area contributed by atoms with Gasteiger partial charge in [0.1, 0.15) is 5.54 Å². The molecule has 0 amide bonds. The average molecular weight is 408 g/mol. The van der Waals surface area contributed by atoms with E-state index in [1.54, 1.807) is 7.11 Å². The van der Waals surface area contributed by atoms with Crippen LogP contribution >= 0.6 is 12.2 Å². The molecule has 2 fully saturated rings. The molecule has 1 aromatic carbocycles. The van der Waals surface area contributed by atoms with Gasteiger partial charge in [0.15, 0.2) is 5.11 Å². The third kappa shape index (κ3) is 2.23. The third-order valence-corrected chi connectivity index (χ3v) is 7.66. The molecule has 1 aromatic rings. The van der Waals surface area contributed by atoms with Gasteiger partial charge in [-0.15, -0.1) is 0 Å². The number of methoxy groups -OCH3 is 1. The number of ether oxygens (including phenoxy) is 1. The van der Waals surface area contributed by atoms with Gasteiger partial charge in [-0.2, -0.15) is 13.2 Å². The number of thiocarbonyl (C=S) groups is 1. The molecule has 3 nitrogen and oxygen atoms in total. The molecule has 1 saturated heterocycles. The predicted octanol–water partition coefficient (Wildman–Crippen LogP) is 4.21. The molecule has 7 heteroatoms. The zero-order chi connectivity index (χ0) is 19.9. The van der Waals surface area contributed by atoms with Crippen molar-refractivity contribution in [1.29, 1.82) is 0 Å². The first-order chi connectivity index (χ1) is 13.2. The number of nitrogens with zero attached hydrogens (tertiary/aromatic N) is 1. The lowest BCUT2D eigenvalue weighted by Crippen LogP contribution is -2.49. The number of hydrogen-bond donors (Lipinski definition) is 1. The molecule has 1 aliphatic heterocycles. The standard InChI is InChI=1S/C21H23F3N2OS/c1-26-17-14-11-19(7-6-16(14)27-2)10-13-4-3-12(5-8-20(22,23)24)9-15(13)21(17,19)25-18(26)28/h3-4,9,16H,5-8,10-11H2,1-2H3,(H,25,28). The highest BCUT2D eigenvalue weighted by atomic mass is 32.1. The summed E-state index contributed by atoms with van der Waals surface area (Å²) in [6, 6.07) is 5.89. The molecule has 0 aromatic heterocycles. The van der Waals surface area contributed by atoms with Crippen molar-refractivity contribution in [1.82, 2.24) is 10.2 Å². The number of nitrogens with one attached hydrogen (secondary N) is 1. The molecule has 2 spiro atoms. The fourth-order valence-corrected chi connectivity index (χ4v) is 6.40. The van der Waals surface area contributed by atoms with Crippen LogP contribution in [0.15, 0.2) is 29.5 Å². The topological polar surface area (TPSA) is 24.5 Å². The number of halogens is 3. The van der Waals surface area contributed by atoms with Gasteiger partial charge in [-0.3, -0.25) is 0 Å². The number of rotatable bonds is 3. The van der Waals surface area contributed by atoms with E-state index in [9.17, 15) is 13.2 Å². The van der Waals surface area contributed by atoms with Gasteiger partial charge in [0.2, 0.25) is 0 Å². The van der Waals surface area contributed by atoms with Crippen molar-refractivity contribution in [3.8, 4) is 0 Å². The Morgan fingerprint density at radius 2 is 2.11 bits per heavy atom. The van der Waals surface area contributed by atoms with Crippen molar-refractivity contribution < 1.29 is 17.9 Å². The Kier molecular flexibility index (Phi) is 3.77. The Morgan fingerprint density at radius 3 is 2.82 bits per heavy atom. The van der Waals surface area contributed by atoms with Crippen LogP contribution in [0.3, 0.4) is 0 Å². The molecular weight excluding hydrogens is 385 g/mol. The van der Waals surface area contributed by atoms with Gasteiger partial charge in [0, 0.05) is 26.0 Å². The molecule has 3 aliphatic carbocycles. The van der Waals surface area contributed by atoms with Crippen LogP contribution in [0.2, 0.25) is 0 Å². The summed E-state index contributed by atoms with van der Waals surface area (Å²) in [5.41, 5.74) is 5.12. The molecule has 3 unspecified atom stereocenters. The lowest BCUT2D eigenvalue weighted by molar-refractivity contribution is -0.134. The van der Waals surface area contributed by atoms with E-state index in [1.807, 2.05) is 25.2 Å². The van der Waals surface area contributed by atoms with Crippen molar-refractivity contribution >= 4 is 17.3 Å². The van der Waals surface area contributed by atoms with E-state index in [4.69, 9.17) is 17.0 Å². The first-order valence-corrected chi connectivity index (χ1v) is 10.1. The van der Waals surface area contributed by atoms with Gasteiger partial charge in [-0.25, -0.2) is 0 Å². The maximum atomic E-state index is 12.7. The van der Waals surface area contributed by atoms with Crippen molar-refractivity contribution in [2.75, 3.05) is 14.2 Å². The van der Waals surface area contributed by atoms with Crippen molar-refractivity contribution in [3.63, 3.8) is 0 Å². The molecule has 1 heterocycles. The quantitative estimate of drug-likeness (QED) is 0.758. The third-order valence-electron chi connectivity index (χ3n) is 7.28. The highest BCUT2D eigenvalue weighted by Gasteiger charge is 2.69. The summed E-state index contributed by atoms with van der Waals surface area (Å²) in [6.07, 6.45) is -0.994. The Labute approximate surface area is 167 Å². The maximum Gasteiger partial charge on any atom is 0.389 e. The van der Waals surface area contributed by atoms with Gasteiger partial charge >= 0.3 is 6.18 Å². The van der Waals surface area contributed by atoms with Crippen LogP contribution < -0.4 is 5.32 Å². The molecule has 28 heavy (non-hydrogen) atoms. The van der Waals surface area contributed by atoms with Crippen LogP contribution in [0, 0.1) is 5.41 Å². The van der Waals surface area contributed by atoms with Gasteiger partial charge in [-0.1, -0.05) is 18.2 Å². The lowest BCUT2D eigenvalue weighted by atomic mass is 9.66. The maximum absolute atomic E-state index is 12.7. The molecule has 0 radical (unpaired) electrons. The number of benzene rings is 1. The van der Waals surface area contributed by atoms with Crippen LogP contribution in [0.5, 0.6) is 0 Å². The van der Waals surface area contributed by atoms with E-state index in [-0.39, 0.29) is 17.9 Å². The first kappa shape index (κ1) is 18.4. The van der Waals surface area contributed by atoms with E-state index in [2.05, 4.69) is 10.2 Å². The molecule has 150 valence electrons. The van der Waals surface area contributed by atoms with Crippen molar-refractivity contribution in [3.05, 3.63) is 46.2 Å². The van der Waals surface area contributed by atoms with Crippen LogP contribution in [0.25, 0.3) is 0 Å². The summed E-state index contributed by atoms with van der Waals surface area (Å²) >= 11 is 5.62. The van der Waals surface area contributed by atoms with E-state index in [0.29, 0.717) is 5.11 Å². The van der Waals surface area contributed by atoms with Crippen molar-refractivity contribution in [2.24, 2.45) is 5.41 Å². The molecule has 2 bridgehead atoms. The lowest BCUT2D eigenvalue weighted by Gasteiger charge is -2.42. The van der Waals surface area contributed by atoms with Gasteiger partial charge in [0.25, 0.3) is 0 Å². The highest BCUT2D eigenvalue weighted by molar-refractivity contribution is 7.80. The predicted molar refractivity (Wildman–Crippen MR) is 104 cm³/mol. The second-order valence-corrected chi connectivity index (χ2v) is 9.00. The summed E-state index contributed by atoms with van der Waals surface area (Å²) in [4.78, 5) is 2.06. The largest absolute Gasteiger partial charge is 0.389 e. The highest BCUT2D eigenvalue weighted by Crippen LogP contribution is 2.69. The number of alkyl halides is 3.